The summed E-state index contributed by atoms with van der Waals surface area (Å²) in [4.78, 5) is 4.69. The first kappa shape index (κ1) is 13.5. The summed E-state index contributed by atoms with van der Waals surface area (Å²) in [5.74, 6) is 1.13. The van der Waals surface area contributed by atoms with E-state index in [4.69, 9.17) is 0 Å². The molecule has 0 heterocycles. The predicted octanol–water partition coefficient (Wildman–Crippen LogP) is 3.37. The molecular weight excluding hydrogens is 172 g/mol. The number of amidine groups is 1. The SMILES string of the molecule is CCCC(=NC(C)(C)C)NC(C)(C)C. The van der Waals surface area contributed by atoms with Gasteiger partial charge in [0.05, 0.1) is 11.4 Å². The van der Waals surface area contributed by atoms with Crippen LogP contribution < -0.4 is 5.32 Å². The Morgan fingerprint density at radius 2 is 1.57 bits per heavy atom. The van der Waals surface area contributed by atoms with Crippen LogP contribution in [-0.2, 0) is 0 Å². The summed E-state index contributed by atoms with van der Waals surface area (Å²) in [7, 11) is 0. The minimum Gasteiger partial charge on any atom is -0.369 e. The van der Waals surface area contributed by atoms with Crippen molar-refractivity contribution in [2.24, 2.45) is 4.99 Å². The lowest BCUT2D eigenvalue weighted by atomic mass is 10.1. The third-order valence-corrected chi connectivity index (χ3v) is 1.48. The molecule has 0 aromatic carbocycles. The van der Waals surface area contributed by atoms with Gasteiger partial charge >= 0.3 is 0 Å². The van der Waals surface area contributed by atoms with Crippen molar-refractivity contribution in [3.63, 3.8) is 0 Å². The normalized spacial score (nSPS) is 14.4. The maximum Gasteiger partial charge on any atom is 0.0973 e. The average Bonchev–Trinajstić information content (AvgIpc) is 1.78. The average molecular weight is 198 g/mol. The van der Waals surface area contributed by atoms with Crippen molar-refractivity contribution >= 4 is 5.84 Å². The van der Waals surface area contributed by atoms with Gasteiger partial charge in [0, 0.05) is 12.0 Å². The van der Waals surface area contributed by atoms with Gasteiger partial charge in [0.25, 0.3) is 0 Å². The van der Waals surface area contributed by atoms with E-state index in [1.165, 1.54) is 0 Å². The predicted molar refractivity (Wildman–Crippen MR) is 65.0 cm³/mol. The van der Waals surface area contributed by atoms with Crippen LogP contribution in [0.2, 0.25) is 0 Å². The molecule has 14 heavy (non-hydrogen) atoms. The molecule has 0 saturated carbocycles. The van der Waals surface area contributed by atoms with Gasteiger partial charge in [-0.05, 0) is 48.0 Å². The summed E-state index contributed by atoms with van der Waals surface area (Å²) in [6.07, 6.45) is 2.17. The fourth-order valence-electron chi connectivity index (χ4n) is 1.22. The Kier molecular flexibility index (Phi) is 4.63. The van der Waals surface area contributed by atoms with Gasteiger partial charge in [0.2, 0.25) is 0 Å². The monoisotopic (exact) mass is 198 g/mol. The van der Waals surface area contributed by atoms with E-state index in [0.717, 1.165) is 18.7 Å². The minimum absolute atomic E-state index is 0.0166. The van der Waals surface area contributed by atoms with Crippen molar-refractivity contribution in [3.05, 3.63) is 0 Å². The second kappa shape index (κ2) is 4.81. The van der Waals surface area contributed by atoms with Crippen LogP contribution in [0.3, 0.4) is 0 Å². The Morgan fingerprint density at radius 1 is 1.07 bits per heavy atom. The summed E-state index contributed by atoms with van der Waals surface area (Å²) in [6, 6.07) is 0. The number of hydrogen-bond acceptors (Lipinski definition) is 1. The van der Waals surface area contributed by atoms with Crippen molar-refractivity contribution in [3.8, 4) is 0 Å². The summed E-state index contributed by atoms with van der Waals surface area (Å²) >= 11 is 0. The van der Waals surface area contributed by atoms with Gasteiger partial charge in [-0.2, -0.15) is 0 Å². The fourth-order valence-corrected chi connectivity index (χ4v) is 1.22. The van der Waals surface area contributed by atoms with E-state index in [1.54, 1.807) is 0 Å². The number of rotatable bonds is 2. The van der Waals surface area contributed by atoms with Gasteiger partial charge in [-0.3, -0.25) is 4.99 Å². The van der Waals surface area contributed by atoms with Crippen molar-refractivity contribution in [1.29, 1.82) is 0 Å². The molecular formula is C12H26N2. The topological polar surface area (TPSA) is 24.4 Å². The molecule has 0 aliphatic carbocycles. The lowest BCUT2D eigenvalue weighted by molar-refractivity contribution is 0.494. The molecule has 0 unspecified atom stereocenters. The summed E-state index contributed by atoms with van der Waals surface area (Å²) in [5, 5.41) is 3.46. The summed E-state index contributed by atoms with van der Waals surface area (Å²) < 4.78 is 0. The van der Waals surface area contributed by atoms with Crippen LogP contribution in [0.15, 0.2) is 4.99 Å². The number of hydrogen-bond donors (Lipinski definition) is 1. The lowest BCUT2D eigenvalue weighted by Crippen LogP contribution is -2.41. The van der Waals surface area contributed by atoms with Crippen LogP contribution in [0.1, 0.15) is 61.3 Å². The van der Waals surface area contributed by atoms with E-state index in [0.29, 0.717) is 0 Å². The van der Waals surface area contributed by atoms with Gasteiger partial charge in [0.15, 0.2) is 0 Å². The van der Waals surface area contributed by atoms with Crippen molar-refractivity contribution < 1.29 is 0 Å². The molecule has 0 spiro atoms. The third-order valence-electron chi connectivity index (χ3n) is 1.48. The molecule has 2 nitrogen and oxygen atoms in total. The Hall–Kier alpha value is -0.530. The first-order valence-electron chi connectivity index (χ1n) is 5.51. The zero-order valence-corrected chi connectivity index (χ0v) is 10.9. The molecule has 0 radical (unpaired) electrons. The molecule has 0 atom stereocenters. The smallest absolute Gasteiger partial charge is 0.0973 e. The number of nitrogens with zero attached hydrogens (tertiary/aromatic N) is 1. The van der Waals surface area contributed by atoms with E-state index in [9.17, 15) is 0 Å². The molecule has 1 N–H and O–H groups in total. The highest BCUT2D eigenvalue weighted by Crippen LogP contribution is 2.10. The van der Waals surface area contributed by atoms with Crippen LogP contribution in [0.4, 0.5) is 0 Å². The Morgan fingerprint density at radius 3 is 1.86 bits per heavy atom. The molecule has 0 aliphatic rings. The number of nitrogens with one attached hydrogen (secondary N) is 1. The van der Waals surface area contributed by atoms with Crippen LogP contribution in [0, 0.1) is 0 Å². The molecule has 0 amide bonds. The van der Waals surface area contributed by atoms with E-state index < -0.39 is 0 Å². The molecule has 2 heteroatoms. The standard InChI is InChI=1S/C12H26N2/c1-8-9-10(13-11(2,3)4)14-12(5,6)7/h8-9H2,1-7H3,(H,13,14). The lowest BCUT2D eigenvalue weighted by Gasteiger charge is -2.25. The highest BCUT2D eigenvalue weighted by molar-refractivity contribution is 5.83. The third kappa shape index (κ3) is 8.09. The van der Waals surface area contributed by atoms with Gasteiger partial charge in [-0.25, -0.2) is 0 Å². The molecule has 0 aliphatic heterocycles. The zero-order valence-electron chi connectivity index (χ0n) is 10.9. The minimum atomic E-state index is 0.0166. The van der Waals surface area contributed by atoms with Gasteiger partial charge in [-0.1, -0.05) is 6.92 Å². The van der Waals surface area contributed by atoms with E-state index in [1.807, 2.05) is 0 Å². The Labute approximate surface area is 89.2 Å². The number of aliphatic imine (C=N–C) groups is 1. The molecule has 84 valence electrons. The van der Waals surface area contributed by atoms with E-state index in [-0.39, 0.29) is 11.1 Å². The second-order valence-electron chi connectivity index (χ2n) is 5.85. The van der Waals surface area contributed by atoms with Crippen LogP contribution in [0.25, 0.3) is 0 Å². The van der Waals surface area contributed by atoms with Gasteiger partial charge in [-0.15, -0.1) is 0 Å². The summed E-state index contributed by atoms with van der Waals surface area (Å²) in [6.45, 7) is 15.1. The molecule has 0 saturated heterocycles. The molecule has 0 aromatic heterocycles. The highest BCUT2D eigenvalue weighted by atomic mass is 15.1. The highest BCUT2D eigenvalue weighted by Gasteiger charge is 2.14. The fraction of sp³-hybridized carbons (Fsp3) is 0.917. The van der Waals surface area contributed by atoms with Gasteiger partial charge < -0.3 is 5.32 Å². The maximum atomic E-state index is 4.69. The van der Waals surface area contributed by atoms with E-state index >= 15 is 0 Å². The molecule has 0 fully saturated rings. The second-order valence-corrected chi connectivity index (χ2v) is 5.85. The van der Waals surface area contributed by atoms with E-state index in [2.05, 4.69) is 58.8 Å². The molecule has 0 bridgehead atoms. The van der Waals surface area contributed by atoms with Gasteiger partial charge in [0.1, 0.15) is 0 Å². The van der Waals surface area contributed by atoms with Crippen molar-refractivity contribution in [2.45, 2.75) is 72.4 Å². The Balaban J connectivity index is 4.53. The van der Waals surface area contributed by atoms with Crippen molar-refractivity contribution in [2.75, 3.05) is 0 Å². The zero-order chi connectivity index (χ0) is 11.4. The quantitative estimate of drug-likeness (QED) is 0.534. The molecule has 0 rings (SSSR count). The van der Waals surface area contributed by atoms with Crippen LogP contribution >= 0.6 is 0 Å². The molecule has 0 aromatic rings. The largest absolute Gasteiger partial charge is 0.369 e. The van der Waals surface area contributed by atoms with Crippen LogP contribution in [0.5, 0.6) is 0 Å². The first-order valence-corrected chi connectivity index (χ1v) is 5.51. The summed E-state index contributed by atoms with van der Waals surface area (Å²) in [5.41, 5.74) is 0.127. The first-order chi connectivity index (χ1) is 6.14. The Bertz CT molecular complexity index is 191. The van der Waals surface area contributed by atoms with Crippen LogP contribution in [-0.4, -0.2) is 16.9 Å². The van der Waals surface area contributed by atoms with Crippen molar-refractivity contribution in [1.82, 2.24) is 5.32 Å². The maximum absolute atomic E-state index is 4.69.